The summed E-state index contributed by atoms with van der Waals surface area (Å²) in [6, 6.07) is 4.99. The van der Waals surface area contributed by atoms with Gasteiger partial charge in [-0.25, -0.2) is 0 Å². The van der Waals surface area contributed by atoms with E-state index in [4.69, 9.17) is 17.3 Å². The third kappa shape index (κ3) is 2.79. The molecule has 1 unspecified atom stereocenters. The molecular weight excluding hydrogens is 238 g/mol. The zero-order valence-corrected chi connectivity index (χ0v) is 11.3. The van der Waals surface area contributed by atoms with Gasteiger partial charge in [-0.15, -0.1) is 0 Å². The minimum atomic E-state index is -0.716. The molecule has 0 spiro atoms. The number of nitrogens with two attached hydrogens (primary N) is 1. The van der Waals surface area contributed by atoms with Crippen LogP contribution in [0.1, 0.15) is 25.0 Å². The fraction of sp³-hybridized carbons (Fsp3) is 0.462. The van der Waals surface area contributed by atoms with E-state index >= 15 is 0 Å². The van der Waals surface area contributed by atoms with Crippen molar-refractivity contribution in [2.24, 2.45) is 5.73 Å². The van der Waals surface area contributed by atoms with Gasteiger partial charge in [0.25, 0.3) is 0 Å². The molecule has 0 aliphatic rings. The van der Waals surface area contributed by atoms with Crippen LogP contribution in [-0.2, 0) is 14.9 Å². The maximum atomic E-state index is 11.5. The second-order valence-corrected chi connectivity index (χ2v) is 5.09. The van der Waals surface area contributed by atoms with Gasteiger partial charge in [0, 0.05) is 10.4 Å². The predicted octanol–water partition coefficient (Wildman–Crippen LogP) is 2.43. The molecule has 0 saturated carbocycles. The number of rotatable bonds is 3. The van der Waals surface area contributed by atoms with Crippen molar-refractivity contribution in [3.05, 3.63) is 34.3 Å². The Kier molecular flexibility index (Phi) is 4.17. The molecule has 1 aromatic rings. The van der Waals surface area contributed by atoms with Gasteiger partial charge in [-0.1, -0.05) is 37.6 Å². The number of esters is 1. The van der Waals surface area contributed by atoms with E-state index in [1.807, 2.05) is 39.0 Å². The van der Waals surface area contributed by atoms with E-state index in [9.17, 15) is 4.79 Å². The number of carbonyl (C=O) groups is 1. The maximum Gasteiger partial charge on any atom is 0.323 e. The lowest BCUT2D eigenvalue weighted by atomic mass is 9.78. The number of hydrogen-bond acceptors (Lipinski definition) is 3. The van der Waals surface area contributed by atoms with E-state index in [-0.39, 0.29) is 0 Å². The van der Waals surface area contributed by atoms with E-state index < -0.39 is 17.4 Å². The molecule has 0 aliphatic carbocycles. The molecule has 0 radical (unpaired) electrons. The van der Waals surface area contributed by atoms with Crippen molar-refractivity contribution in [3.8, 4) is 0 Å². The first-order valence-electron chi connectivity index (χ1n) is 5.40. The molecular formula is C13H18ClNO2. The first-order chi connectivity index (χ1) is 7.80. The van der Waals surface area contributed by atoms with Crippen molar-refractivity contribution >= 4 is 17.6 Å². The third-order valence-corrected chi connectivity index (χ3v) is 3.56. The van der Waals surface area contributed by atoms with E-state index in [0.717, 1.165) is 11.1 Å². The summed E-state index contributed by atoms with van der Waals surface area (Å²) in [5.74, 6) is -0.424. The maximum absolute atomic E-state index is 11.5. The SMILES string of the molecule is COC(=O)C(N)C(C)(C)c1ccc(C)c(Cl)c1. The molecule has 0 aromatic heterocycles. The van der Waals surface area contributed by atoms with Crippen molar-refractivity contribution in [2.45, 2.75) is 32.2 Å². The quantitative estimate of drug-likeness (QED) is 0.844. The summed E-state index contributed by atoms with van der Waals surface area (Å²) in [5.41, 5.74) is 7.30. The second kappa shape index (κ2) is 5.07. The molecule has 4 heteroatoms. The van der Waals surface area contributed by atoms with Crippen LogP contribution in [0.5, 0.6) is 0 Å². The van der Waals surface area contributed by atoms with Crippen molar-refractivity contribution in [3.63, 3.8) is 0 Å². The lowest BCUT2D eigenvalue weighted by Gasteiger charge is -2.30. The molecule has 1 rings (SSSR count). The van der Waals surface area contributed by atoms with Crippen molar-refractivity contribution < 1.29 is 9.53 Å². The topological polar surface area (TPSA) is 52.3 Å². The molecule has 0 heterocycles. The number of hydrogen-bond donors (Lipinski definition) is 1. The number of aryl methyl sites for hydroxylation is 1. The summed E-state index contributed by atoms with van der Waals surface area (Å²) < 4.78 is 4.68. The van der Waals surface area contributed by atoms with Crippen LogP contribution < -0.4 is 5.73 Å². The van der Waals surface area contributed by atoms with Gasteiger partial charge < -0.3 is 10.5 Å². The molecule has 1 aromatic carbocycles. The largest absolute Gasteiger partial charge is 0.468 e. The number of halogens is 1. The van der Waals surface area contributed by atoms with Gasteiger partial charge in [-0.05, 0) is 24.1 Å². The smallest absolute Gasteiger partial charge is 0.323 e. The highest BCUT2D eigenvalue weighted by atomic mass is 35.5. The third-order valence-electron chi connectivity index (χ3n) is 3.15. The fourth-order valence-corrected chi connectivity index (χ4v) is 1.78. The molecule has 94 valence electrons. The van der Waals surface area contributed by atoms with Gasteiger partial charge in [-0.2, -0.15) is 0 Å². The fourth-order valence-electron chi connectivity index (χ4n) is 1.59. The van der Waals surface area contributed by atoms with Crippen LogP contribution in [-0.4, -0.2) is 19.1 Å². The Bertz CT molecular complexity index is 429. The van der Waals surface area contributed by atoms with Crippen molar-refractivity contribution in [1.82, 2.24) is 0 Å². The Hall–Kier alpha value is -1.06. The first kappa shape index (κ1) is 14.0. The number of carbonyl (C=O) groups excluding carboxylic acids is 1. The number of benzene rings is 1. The van der Waals surface area contributed by atoms with Gasteiger partial charge in [-0.3, -0.25) is 4.79 Å². The second-order valence-electron chi connectivity index (χ2n) is 4.69. The van der Waals surface area contributed by atoms with Crippen LogP contribution in [0.25, 0.3) is 0 Å². The van der Waals surface area contributed by atoms with E-state index in [2.05, 4.69) is 4.74 Å². The molecule has 3 nitrogen and oxygen atoms in total. The Balaban J connectivity index is 3.11. The highest BCUT2D eigenvalue weighted by Crippen LogP contribution is 2.30. The summed E-state index contributed by atoms with van der Waals surface area (Å²) in [6.45, 7) is 5.73. The summed E-state index contributed by atoms with van der Waals surface area (Å²) in [5, 5.41) is 0.674. The molecule has 0 saturated heterocycles. The Morgan fingerprint density at radius 3 is 2.53 bits per heavy atom. The monoisotopic (exact) mass is 255 g/mol. The zero-order valence-electron chi connectivity index (χ0n) is 10.6. The van der Waals surface area contributed by atoms with Gasteiger partial charge >= 0.3 is 5.97 Å². The van der Waals surface area contributed by atoms with E-state index in [1.165, 1.54) is 7.11 Å². The van der Waals surface area contributed by atoms with Crippen LogP contribution in [0.15, 0.2) is 18.2 Å². The van der Waals surface area contributed by atoms with Gasteiger partial charge in [0.05, 0.1) is 7.11 Å². The number of ether oxygens (including phenoxy) is 1. The highest BCUT2D eigenvalue weighted by molar-refractivity contribution is 6.31. The van der Waals surface area contributed by atoms with Crippen LogP contribution in [0.4, 0.5) is 0 Å². The molecule has 1 atom stereocenters. The minimum absolute atomic E-state index is 0.424. The normalized spacial score (nSPS) is 13.3. The Labute approximate surface area is 107 Å². The Morgan fingerprint density at radius 2 is 2.06 bits per heavy atom. The predicted molar refractivity (Wildman–Crippen MR) is 69.2 cm³/mol. The summed E-state index contributed by atoms with van der Waals surface area (Å²) in [4.78, 5) is 11.5. The van der Waals surface area contributed by atoms with E-state index in [1.54, 1.807) is 0 Å². The Morgan fingerprint density at radius 1 is 1.47 bits per heavy atom. The molecule has 0 aliphatic heterocycles. The van der Waals surface area contributed by atoms with Crippen molar-refractivity contribution in [1.29, 1.82) is 0 Å². The highest BCUT2D eigenvalue weighted by Gasteiger charge is 2.34. The summed E-state index contributed by atoms with van der Waals surface area (Å²) in [6.07, 6.45) is 0. The lowest BCUT2D eigenvalue weighted by molar-refractivity contribution is -0.143. The first-order valence-corrected chi connectivity index (χ1v) is 5.78. The van der Waals surface area contributed by atoms with Gasteiger partial charge in [0.15, 0.2) is 0 Å². The van der Waals surface area contributed by atoms with Gasteiger partial charge in [0.2, 0.25) is 0 Å². The van der Waals surface area contributed by atoms with Crippen LogP contribution >= 0.6 is 11.6 Å². The minimum Gasteiger partial charge on any atom is -0.468 e. The molecule has 0 bridgehead atoms. The molecule has 0 fully saturated rings. The summed E-state index contributed by atoms with van der Waals surface area (Å²) >= 11 is 6.08. The number of methoxy groups -OCH3 is 1. The average Bonchev–Trinajstić information content (AvgIpc) is 2.30. The average molecular weight is 256 g/mol. The summed E-state index contributed by atoms with van der Waals surface area (Å²) in [7, 11) is 1.33. The van der Waals surface area contributed by atoms with Crippen LogP contribution in [0, 0.1) is 6.92 Å². The van der Waals surface area contributed by atoms with Crippen molar-refractivity contribution in [2.75, 3.05) is 7.11 Å². The van der Waals surface area contributed by atoms with E-state index in [0.29, 0.717) is 5.02 Å². The molecule has 2 N–H and O–H groups in total. The van der Waals surface area contributed by atoms with Crippen LogP contribution in [0.3, 0.4) is 0 Å². The molecule has 0 amide bonds. The standard InChI is InChI=1S/C13H18ClNO2/c1-8-5-6-9(7-10(8)14)13(2,3)11(15)12(16)17-4/h5-7,11H,15H2,1-4H3. The van der Waals surface area contributed by atoms with Crippen LogP contribution in [0.2, 0.25) is 5.02 Å². The van der Waals surface area contributed by atoms with Gasteiger partial charge in [0.1, 0.15) is 6.04 Å². The molecule has 17 heavy (non-hydrogen) atoms. The zero-order chi connectivity index (χ0) is 13.2. The lowest BCUT2D eigenvalue weighted by Crippen LogP contribution is -2.47.